The summed E-state index contributed by atoms with van der Waals surface area (Å²) in [5.41, 5.74) is 2.64. The summed E-state index contributed by atoms with van der Waals surface area (Å²) in [5.74, 6) is 1.74. The zero-order valence-electron chi connectivity index (χ0n) is 14.4. The van der Waals surface area contributed by atoms with Crippen molar-refractivity contribution in [2.45, 2.75) is 19.4 Å². The summed E-state index contributed by atoms with van der Waals surface area (Å²) in [6.45, 7) is 2.02. The molecule has 4 rings (SSSR count). The fourth-order valence-electron chi connectivity index (χ4n) is 3.14. The number of aromatic nitrogens is 1. The van der Waals surface area contributed by atoms with Crippen LogP contribution in [0.1, 0.15) is 24.4 Å². The number of nitriles is 1. The van der Waals surface area contributed by atoms with Gasteiger partial charge in [0.1, 0.15) is 11.8 Å². The van der Waals surface area contributed by atoms with E-state index in [4.69, 9.17) is 9.15 Å². The molecule has 0 unspecified atom stereocenters. The minimum Gasteiger partial charge on any atom is -0.484 e. The molecule has 5 nitrogen and oxygen atoms in total. The average molecular weight is 345 g/mol. The number of hydrogen-bond donors (Lipinski definition) is 0. The molecular formula is C21H19N3O2. The summed E-state index contributed by atoms with van der Waals surface area (Å²) in [5, 5.41) is 9.28. The Labute approximate surface area is 152 Å². The number of anilines is 1. The first-order chi connectivity index (χ1) is 12.8. The zero-order chi connectivity index (χ0) is 17.8. The SMILES string of the molecule is N#Cc1nc(COc2ccc(-c3ccccc3)cc2)oc1N1CCCC1. The Morgan fingerprint density at radius 1 is 1.00 bits per heavy atom. The van der Waals surface area contributed by atoms with Gasteiger partial charge in [0, 0.05) is 13.1 Å². The van der Waals surface area contributed by atoms with E-state index >= 15 is 0 Å². The molecule has 26 heavy (non-hydrogen) atoms. The number of benzene rings is 2. The summed E-state index contributed by atoms with van der Waals surface area (Å²) in [4.78, 5) is 6.33. The monoisotopic (exact) mass is 345 g/mol. The van der Waals surface area contributed by atoms with E-state index in [1.807, 2.05) is 42.5 Å². The molecule has 0 bridgehead atoms. The molecule has 0 radical (unpaired) electrons. The van der Waals surface area contributed by atoms with Crippen LogP contribution in [0.3, 0.4) is 0 Å². The van der Waals surface area contributed by atoms with Gasteiger partial charge >= 0.3 is 0 Å². The van der Waals surface area contributed by atoms with Gasteiger partial charge in [-0.3, -0.25) is 0 Å². The second kappa shape index (κ2) is 7.32. The molecule has 1 saturated heterocycles. The fourth-order valence-corrected chi connectivity index (χ4v) is 3.14. The highest BCUT2D eigenvalue weighted by Crippen LogP contribution is 2.27. The van der Waals surface area contributed by atoms with Crippen LogP contribution in [0, 0.1) is 11.3 Å². The Morgan fingerprint density at radius 3 is 2.38 bits per heavy atom. The van der Waals surface area contributed by atoms with Crippen molar-refractivity contribution in [1.29, 1.82) is 5.26 Å². The topological polar surface area (TPSA) is 62.3 Å². The van der Waals surface area contributed by atoms with E-state index in [0.717, 1.165) is 37.2 Å². The predicted octanol–water partition coefficient (Wildman–Crippen LogP) is 4.39. The number of nitrogens with zero attached hydrogens (tertiary/aromatic N) is 3. The Kier molecular flexibility index (Phi) is 4.57. The van der Waals surface area contributed by atoms with E-state index in [1.165, 1.54) is 5.56 Å². The quantitative estimate of drug-likeness (QED) is 0.686. The number of hydrogen-bond acceptors (Lipinski definition) is 5. The summed E-state index contributed by atoms with van der Waals surface area (Å²) in [7, 11) is 0. The molecule has 1 aliphatic heterocycles. The van der Waals surface area contributed by atoms with Crippen LogP contribution in [0.15, 0.2) is 59.0 Å². The van der Waals surface area contributed by atoms with Gasteiger partial charge in [-0.25, -0.2) is 0 Å². The fraction of sp³-hybridized carbons (Fsp3) is 0.238. The Balaban J connectivity index is 1.43. The van der Waals surface area contributed by atoms with Crippen LogP contribution in [0.2, 0.25) is 0 Å². The third kappa shape index (κ3) is 3.40. The van der Waals surface area contributed by atoms with Crippen LogP contribution in [-0.4, -0.2) is 18.1 Å². The summed E-state index contributed by atoms with van der Waals surface area (Å²) in [6.07, 6.45) is 2.23. The van der Waals surface area contributed by atoms with Crippen molar-refractivity contribution >= 4 is 5.88 Å². The lowest BCUT2D eigenvalue weighted by Gasteiger charge is -2.12. The molecular weight excluding hydrogens is 326 g/mol. The standard InChI is InChI=1S/C21H19N3O2/c22-14-19-21(24-12-4-5-13-24)26-20(23-19)15-25-18-10-8-17(9-11-18)16-6-2-1-3-7-16/h1-3,6-11H,4-5,12-13,15H2. The van der Waals surface area contributed by atoms with Gasteiger partial charge in [-0.05, 0) is 36.1 Å². The first kappa shape index (κ1) is 16.2. The molecule has 0 spiro atoms. The van der Waals surface area contributed by atoms with Gasteiger partial charge in [-0.15, -0.1) is 0 Å². The molecule has 1 fully saturated rings. The van der Waals surface area contributed by atoms with Crippen LogP contribution < -0.4 is 9.64 Å². The molecule has 0 saturated carbocycles. The summed E-state index contributed by atoms with van der Waals surface area (Å²) in [6, 6.07) is 20.2. The van der Waals surface area contributed by atoms with E-state index in [1.54, 1.807) is 0 Å². The van der Waals surface area contributed by atoms with Gasteiger partial charge in [-0.2, -0.15) is 10.2 Å². The van der Waals surface area contributed by atoms with Gasteiger partial charge in [0.25, 0.3) is 0 Å². The summed E-state index contributed by atoms with van der Waals surface area (Å²) < 4.78 is 11.5. The molecule has 0 amide bonds. The third-order valence-electron chi connectivity index (χ3n) is 4.48. The van der Waals surface area contributed by atoms with Crippen LogP contribution in [0.5, 0.6) is 5.75 Å². The van der Waals surface area contributed by atoms with Crippen molar-refractivity contribution in [3.63, 3.8) is 0 Å². The molecule has 2 aromatic carbocycles. The first-order valence-corrected chi connectivity index (χ1v) is 8.76. The summed E-state index contributed by atoms with van der Waals surface area (Å²) >= 11 is 0. The molecule has 3 aromatic rings. The lowest BCUT2D eigenvalue weighted by atomic mass is 10.1. The lowest BCUT2D eigenvalue weighted by Crippen LogP contribution is -2.17. The minimum atomic E-state index is 0.202. The van der Waals surface area contributed by atoms with Crippen molar-refractivity contribution in [2.24, 2.45) is 0 Å². The van der Waals surface area contributed by atoms with Crippen molar-refractivity contribution in [2.75, 3.05) is 18.0 Å². The van der Waals surface area contributed by atoms with Crippen LogP contribution in [0.4, 0.5) is 5.88 Å². The van der Waals surface area contributed by atoms with E-state index in [-0.39, 0.29) is 6.61 Å². The van der Waals surface area contributed by atoms with Crippen LogP contribution >= 0.6 is 0 Å². The highest BCUT2D eigenvalue weighted by molar-refractivity contribution is 5.63. The van der Waals surface area contributed by atoms with Crippen molar-refractivity contribution in [3.8, 4) is 22.9 Å². The lowest BCUT2D eigenvalue weighted by molar-refractivity contribution is 0.264. The highest BCUT2D eigenvalue weighted by Gasteiger charge is 2.22. The maximum Gasteiger partial charge on any atom is 0.236 e. The highest BCUT2D eigenvalue weighted by atomic mass is 16.5. The van der Waals surface area contributed by atoms with Gasteiger partial charge in [-0.1, -0.05) is 42.5 Å². The van der Waals surface area contributed by atoms with Crippen LogP contribution in [0.25, 0.3) is 11.1 Å². The van der Waals surface area contributed by atoms with Crippen molar-refractivity contribution in [1.82, 2.24) is 4.98 Å². The molecule has 0 atom stereocenters. The Hall–Kier alpha value is -3.26. The predicted molar refractivity (Wildman–Crippen MR) is 98.9 cm³/mol. The van der Waals surface area contributed by atoms with Gasteiger partial charge in [0.2, 0.25) is 17.5 Å². The second-order valence-electron chi connectivity index (χ2n) is 6.25. The molecule has 1 aliphatic rings. The number of rotatable bonds is 5. The maximum atomic E-state index is 9.28. The molecule has 2 heterocycles. The van der Waals surface area contributed by atoms with Gasteiger partial charge in [0.15, 0.2) is 6.61 Å². The second-order valence-corrected chi connectivity index (χ2v) is 6.25. The minimum absolute atomic E-state index is 0.202. The van der Waals surface area contributed by atoms with E-state index in [2.05, 4.69) is 28.1 Å². The third-order valence-corrected chi connectivity index (χ3v) is 4.48. The van der Waals surface area contributed by atoms with Crippen molar-refractivity contribution in [3.05, 3.63) is 66.2 Å². The average Bonchev–Trinajstić information content (AvgIpc) is 3.37. The smallest absolute Gasteiger partial charge is 0.236 e. The van der Waals surface area contributed by atoms with Gasteiger partial charge in [0.05, 0.1) is 0 Å². The largest absolute Gasteiger partial charge is 0.484 e. The maximum absolute atomic E-state index is 9.28. The van der Waals surface area contributed by atoms with E-state index < -0.39 is 0 Å². The molecule has 0 N–H and O–H groups in total. The Morgan fingerprint density at radius 2 is 1.69 bits per heavy atom. The molecule has 0 aliphatic carbocycles. The van der Waals surface area contributed by atoms with Crippen LogP contribution in [-0.2, 0) is 6.61 Å². The van der Waals surface area contributed by atoms with Gasteiger partial charge < -0.3 is 14.1 Å². The number of ether oxygens (including phenoxy) is 1. The van der Waals surface area contributed by atoms with E-state index in [0.29, 0.717) is 17.5 Å². The van der Waals surface area contributed by atoms with Crippen molar-refractivity contribution < 1.29 is 9.15 Å². The normalized spacial score (nSPS) is 13.6. The first-order valence-electron chi connectivity index (χ1n) is 8.76. The molecule has 5 heteroatoms. The number of oxazole rings is 1. The molecule has 1 aromatic heterocycles. The zero-order valence-corrected chi connectivity index (χ0v) is 14.4. The molecule has 130 valence electrons. The van der Waals surface area contributed by atoms with E-state index in [9.17, 15) is 5.26 Å². The Bertz CT molecular complexity index is 905.